The van der Waals surface area contributed by atoms with E-state index in [1.807, 2.05) is 43.3 Å². The van der Waals surface area contributed by atoms with Gasteiger partial charge >= 0.3 is 0 Å². The van der Waals surface area contributed by atoms with Crippen LogP contribution in [0.25, 0.3) is 22.6 Å². The number of rotatable bonds is 7. The lowest BCUT2D eigenvalue weighted by molar-refractivity contribution is 0.0599. The summed E-state index contributed by atoms with van der Waals surface area (Å²) < 4.78 is 17.4. The molecule has 2 aromatic heterocycles. The highest BCUT2D eigenvalue weighted by molar-refractivity contribution is 6.30. The van der Waals surface area contributed by atoms with Gasteiger partial charge in [0.15, 0.2) is 5.76 Å². The van der Waals surface area contributed by atoms with Gasteiger partial charge in [0, 0.05) is 17.6 Å². The number of likely N-dealkylation sites (tertiary alicyclic amines) is 1. The van der Waals surface area contributed by atoms with Gasteiger partial charge in [-0.25, -0.2) is 4.98 Å². The molecule has 2 aromatic carbocycles. The van der Waals surface area contributed by atoms with E-state index in [-0.39, 0.29) is 6.61 Å². The van der Waals surface area contributed by atoms with Crippen LogP contribution in [0.5, 0.6) is 5.75 Å². The summed E-state index contributed by atoms with van der Waals surface area (Å²) in [5.41, 5.74) is 2.03. The van der Waals surface area contributed by atoms with Crippen molar-refractivity contribution >= 4 is 22.6 Å². The van der Waals surface area contributed by atoms with E-state index in [0.717, 1.165) is 42.1 Å². The molecule has 1 saturated heterocycles. The van der Waals surface area contributed by atoms with Crippen molar-refractivity contribution in [2.45, 2.75) is 31.8 Å². The van der Waals surface area contributed by atoms with Gasteiger partial charge in [-0.05, 0) is 68.6 Å². The minimum atomic E-state index is -0.576. The molecule has 0 saturated carbocycles. The molecule has 6 nitrogen and oxygen atoms in total. The molecule has 4 aromatic rings. The molecule has 172 valence electrons. The van der Waals surface area contributed by atoms with Gasteiger partial charge in [0.25, 0.3) is 5.89 Å². The third-order valence-corrected chi connectivity index (χ3v) is 6.43. The average Bonchev–Trinajstić information content (AvgIpc) is 3.45. The topological polar surface area (TPSA) is 71.9 Å². The zero-order valence-electron chi connectivity index (χ0n) is 18.5. The molecule has 1 N–H and O–H groups in total. The highest BCUT2D eigenvalue weighted by Gasteiger charge is 2.23. The summed E-state index contributed by atoms with van der Waals surface area (Å²) in [6.45, 7) is 4.57. The van der Waals surface area contributed by atoms with Crippen molar-refractivity contribution in [3.8, 4) is 17.4 Å². The van der Waals surface area contributed by atoms with Gasteiger partial charge in [0.2, 0.25) is 0 Å². The first-order chi connectivity index (χ1) is 16.0. The van der Waals surface area contributed by atoms with Crippen LogP contribution in [0, 0.1) is 6.92 Å². The third kappa shape index (κ3) is 5.08. The number of β-amino-alcohol motifs (C(OH)–C–C–N with tert-alkyl or cyclic N) is 1. The van der Waals surface area contributed by atoms with Crippen LogP contribution in [-0.4, -0.2) is 47.3 Å². The summed E-state index contributed by atoms with van der Waals surface area (Å²) in [6, 6.07) is 15.7. The number of oxazole rings is 1. The maximum absolute atomic E-state index is 10.6. The Morgan fingerprint density at radius 2 is 1.94 bits per heavy atom. The average molecular weight is 467 g/mol. The molecule has 0 amide bonds. The molecule has 33 heavy (non-hydrogen) atoms. The van der Waals surface area contributed by atoms with Crippen LogP contribution in [0.4, 0.5) is 0 Å². The maximum Gasteiger partial charge on any atom is 0.263 e. The number of hydrogen-bond donors (Lipinski definition) is 1. The van der Waals surface area contributed by atoms with Gasteiger partial charge in [-0.1, -0.05) is 29.8 Å². The van der Waals surface area contributed by atoms with Crippen molar-refractivity contribution in [1.82, 2.24) is 9.88 Å². The highest BCUT2D eigenvalue weighted by atomic mass is 35.5. The van der Waals surface area contributed by atoms with Crippen LogP contribution in [0.1, 0.15) is 30.1 Å². The standard InChI is InChI=1S/C26H27ClN2O4/c1-17-14-28-26(32-17)25-13-22-23(3-2-4-24(22)33-25)31-16-21(30)15-29-11-9-19(10-12-29)18-5-7-20(27)8-6-18/h2-8,13-14,19,21,30H,9-12,15-16H2,1H3. The van der Waals surface area contributed by atoms with Crippen molar-refractivity contribution in [3.05, 3.63) is 71.1 Å². The van der Waals surface area contributed by atoms with Crippen LogP contribution in [0.15, 0.2) is 63.6 Å². The number of furan rings is 1. The third-order valence-electron chi connectivity index (χ3n) is 6.18. The Kier molecular flexibility index (Phi) is 6.40. The summed E-state index contributed by atoms with van der Waals surface area (Å²) in [6.07, 6.45) is 3.24. The van der Waals surface area contributed by atoms with Gasteiger partial charge < -0.3 is 23.6 Å². The van der Waals surface area contributed by atoms with E-state index in [1.165, 1.54) is 5.56 Å². The molecule has 7 heteroatoms. The summed E-state index contributed by atoms with van der Waals surface area (Å²) >= 11 is 6.01. The molecule has 5 rings (SSSR count). The molecule has 1 fully saturated rings. The number of benzene rings is 2. The fourth-order valence-corrected chi connectivity index (χ4v) is 4.58. The normalized spacial score (nSPS) is 16.3. The van der Waals surface area contributed by atoms with Crippen LogP contribution < -0.4 is 4.74 Å². The van der Waals surface area contributed by atoms with E-state index in [4.69, 9.17) is 25.2 Å². The molecule has 0 aliphatic carbocycles. The fourth-order valence-electron chi connectivity index (χ4n) is 4.45. The Bertz CT molecular complexity index is 1210. The minimum Gasteiger partial charge on any atom is -0.490 e. The Labute approximate surface area is 197 Å². The first-order valence-corrected chi connectivity index (χ1v) is 11.7. The van der Waals surface area contributed by atoms with E-state index >= 15 is 0 Å². The van der Waals surface area contributed by atoms with Crippen molar-refractivity contribution in [2.24, 2.45) is 0 Å². The second-order valence-corrected chi connectivity index (χ2v) is 9.08. The van der Waals surface area contributed by atoms with Gasteiger partial charge in [-0.2, -0.15) is 0 Å². The lowest BCUT2D eigenvalue weighted by Crippen LogP contribution is -2.40. The zero-order valence-corrected chi connectivity index (χ0v) is 19.3. The van der Waals surface area contributed by atoms with Crippen LogP contribution >= 0.6 is 11.6 Å². The molecule has 1 unspecified atom stereocenters. The Balaban J connectivity index is 1.16. The van der Waals surface area contributed by atoms with Gasteiger partial charge in [0.05, 0.1) is 11.6 Å². The van der Waals surface area contributed by atoms with Crippen molar-refractivity contribution < 1.29 is 18.7 Å². The number of aromatic nitrogens is 1. The molecule has 0 bridgehead atoms. The molecular formula is C26H27ClN2O4. The number of halogens is 1. The van der Waals surface area contributed by atoms with Crippen molar-refractivity contribution in [1.29, 1.82) is 0 Å². The largest absolute Gasteiger partial charge is 0.490 e. The van der Waals surface area contributed by atoms with Crippen LogP contribution in [-0.2, 0) is 0 Å². The molecule has 1 atom stereocenters. The molecular weight excluding hydrogens is 440 g/mol. The lowest BCUT2D eigenvalue weighted by Gasteiger charge is -2.33. The molecule has 1 aliphatic rings. The fraction of sp³-hybridized carbons (Fsp3) is 0.346. The van der Waals surface area contributed by atoms with Crippen LogP contribution in [0.2, 0.25) is 5.02 Å². The molecule has 1 aliphatic heterocycles. The molecule has 0 radical (unpaired) electrons. The van der Waals surface area contributed by atoms with Gasteiger partial charge in [-0.15, -0.1) is 0 Å². The van der Waals surface area contributed by atoms with Gasteiger partial charge in [-0.3, -0.25) is 0 Å². The minimum absolute atomic E-state index is 0.217. The first-order valence-electron chi connectivity index (χ1n) is 11.3. The van der Waals surface area contributed by atoms with E-state index in [0.29, 0.717) is 35.4 Å². The van der Waals surface area contributed by atoms with E-state index in [2.05, 4.69) is 22.0 Å². The summed E-state index contributed by atoms with van der Waals surface area (Å²) in [5, 5.41) is 12.2. The lowest BCUT2D eigenvalue weighted by atomic mass is 9.89. The predicted octanol–water partition coefficient (Wildman–Crippen LogP) is 5.67. The summed E-state index contributed by atoms with van der Waals surface area (Å²) in [7, 11) is 0. The number of aliphatic hydroxyl groups excluding tert-OH is 1. The zero-order chi connectivity index (χ0) is 22.8. The predicted molar refractivity (Wildman–Crippen MR) is 128 cm³/mol. The van der Waals surface area contributed by atoms with E-state index in [1.54, 1.807) is 6.20 Å². The van der Waals surface area contributed by atoms with E-state index < -0.39 is 6.10 Å². The van der Waals surface area contributed by atoms with Gasteiger partial charge in [0.1, 0.15) is 29.8 Å². The number of aliphatic hydroxyl groups is 1. The Morgan fingerprint density at radius 3 is 2.67 bits per heavy atom. The van der Waals surface area contributed by atoms with Crippen LogP contribution in [0.3, 0.4) is 0 Å². The smallest absolute Gasteiger partial charge is 0.263 e. The monoisotopic (exact) mass is 466 g/mol. The van der Waals surface area contributed by atoms with E-state index in [9.17, 15) is 5.11 Å². The maximum atomic E-state index is 10.6. The number of piperidine rings is 1. The first kappa shape index (κ1) is 22.0. The molecule has 3 heterocycles. The second kappa shape index (κ2) is 9.59. The number of hydrogen-bond acceptors (Lipinski definition) is 6. The number of nitrogens with zero attached hydrogens (tertiary/aromatic N) is 2. The number of ether oxygens (including phenoxy) is 1. The highest BCUT2D eigenvalue weighted by Crippen LogP contribution is 2.33. The Morgan fingerprint density at radius 1 is 1.15 bits per heavy atom. The molecule has 0 spiro atoms. The Hall–Kier alpha value is -2.80. The number of aryl methyl sites for hydroxylation is 1. The summed E-state index contributed by atoms with van der Waals surface area (Å²) in [5.74, 6) is 2.94. The van der Waals surface area contributed by atoms with Crippen molar-refractivity contribution in [3.63, 3.8) is 0 Å². The SMILES string of the molecule is Cc1cnc(-c2cc3c(OCC(O)CN4CCC(c5ccc(Cl)cc5)CC4)cccc3o2)o1. The van der Waals surface area contributed by atoms with Crippen molar-refractivity contribution in [2.75, 3.05) is 26.2 Å². The quantitative estimate of drug-likeness (QED) is 0.378. The number of fused-ring (bicyclic) bond motifs is 1. The summed E-state index contributed by atoms with van der Waals surface area (Å²) in [4.78, 5) is 6.53. The second-order valence-electron chi connectivity index (χ2n) is 8.65.